The molecule has 6 heteroatoms. The standard InChI is InChI=1S/C18H23N3O3/c1-3-19(4-2)18(23)21-11-9-20(10-12-21)17(22)16-13-14-7-5-6-8-15(14)24-16/h5-8,13H,3-4,9-12H2,1-2H3. The number of rotatable bonds is 3. The van der Waals surface area contributed by atoms with Crippen molar-refractivity contribution in [2.75, 3.05) is 39.3 Å². The molecule has 1 saturated heterocycles. The Labute approximate surface area is 141 Å². The number of carbonyl (C=O) groups excluding carboxylic acids is 2. The van der Waals surface area contributed by atoms with Crippen LogP contribution in [-0.2, 0) is 0 Å². The smallest absolute Gasteiger partial charge is 0.320 e. The number of para-hydroxylation sites is 1. The van der Waals surface area contributed by atoms with Gasteiger partial charge in [0.05, 0.1) is 0 Å². The number of amides is 3. The predicted molar refractivity (Wildman–Crippen MR) is 92.0 cm³/mol. The first kappa shape index (κ1) is 16.4. The zero-order valence-corrected chi connectivity index (χ0v) is 14.2. The van der Waals surface area contributed by atoms with Crippen molar-refractivity contribution in [1.29, 1.82) is 0 Å². The van der Waals surface area contributed by atoms with E-state index in [9.17, 15) is 9.59 Å². The van der Waals surface area contributed by atoms with Crippen molar-refractivity contribution in [3.05, 3.63) is 36.1 Å². The summed E-state index contributed by atoms with van der Waals surface area (Å²) in [7, 11) is 0. The molecule has 3 rings (SSSR count). The van der Waals surface area contributed by atoms with Crippen LogP contribution in [0.2, 0.25) is 0 Å². The summed E-state index contributed by atoms with van der Waals surface area (Å²) in [4.78, 5) is 30.3. The van der Waals surface area contributed by atoms with Crippen LogP contribution in [0.15, 0.2) is 34.7 Å². The van der Waals surface area contributed by atoms with Crippen LogP contribution in [0.3, 0.4) is 0 Å². The molecule has 128 valence electrons. The van der Waals surface area contributed by atoms with Gasteiger partial charge in [0, 0.05) is 44.7 Å². The predicted octanol–water partition coefficient (Wildman–Crippen LogP) is 2.65. The van der Waals surface area contributed by atoms with E-state index < -0.39 is 0 Å². The summed E-state index contributed by atoms with van der Waals surface area (Å²) >= 11 is 0. The number of fused-ring (bicyclic) bond motifs is 1. The number of nitrogens with zero attached hydrogens (tertiary/aromatic N) is 3. The van der Waals surface area contributed by atoms with Gasteiger partial charge in [-0.1, -0.05) is 18.2 Å². The number of piperazine rings is 1. The van der Waals surface area contributed by atoms with Gasteiger partial charge in [-0.15, -0.1) is 0 Å². The summed E-state index contributed by atoms with van der Waals surface area (Å²) < 4.78 is 5.65. The van der Waals surface area contributed by atoms with Gasteiger partial charge in [0.25, 0.3) is 5.91 Å². The fourth-order valence-corrected chi connectivity index (χ4v) is 3.04. The van der Waals surface area contributed by atoms with Gasteiger partial charge in [-0.05, 0) is 26.0 Å². The number of hydrogen-bond donors (Lipinski definition) is 0. The Kier molecular flexibility index (Phi) is 4.74. The maximum atomic E-state index is 12.6. The molecule has 6 nitrogen and oxygen atoms in total. The highest BCUT2D eigenvalue weighted by Crippen LogP contribution is 2.20. The van der Waals surface area contributed by atoms with Gasteiger partial charge in [0.2, 0.25) is 0 Å². The Hall–Kier alpha value is -2.50. The SMILES string of the molecule is CCN(CC)C(=O)N1CCN(C(=O)c2cc3ccccc3o2)CC1. The molecule has 0 radical (unpaired) electrons. The lowest BCUT2D eigenvalue weighted by Gasteiger charge is -2.36. The van der Waals surface area contributed by atoms with Crippen LogP contribution in [0.25, 0.3) is 11.0 Å². The summed E-state index contributed by atoms with van der Waals surface area (Å²) in [6.07, 6.45) is 0. The van der Waals surface area contributed by atoms with Crippen LogP contribution < -0.4 is 0 Å². The lowest BCUT2D eigenvalue weighted by atomic mass is 10.2. The van der Waals surface area contributed by atoms with Gasteiger partial charge in [0.1, 0.15) is 5.58 Å². The van der Waals surface area contributed by atoms with E-state index in [0.29, 0.717) is 45.0 Å². The Balaban J connectivity index is 1.64. The molecular formula is C18H23N3O3. The molecule has 24 heavy (non-hydrogen) atoms. The second-order valence-electron chi connectivity index (χ2n) is 5.88. The fraction of sp³-hybridized carbons (Fsp3) is 0.444. The second-order valence-corrected chi connectivity index (χ2v) is 5.88. The molecule has 1 aromatic heterocycles. The lowest BCUT2D eigenvalue weighted by molar-refractivity contribution is 0.0614. The number of hydrogen-bond acceptors (Lipinski definition) is 3. The van der Waals surface area contributed by atoms with Crippen LogP contribution in [-0.4, -0.2) is 65.9 Å². The number of carbonyl (C=O) groups is 2. The minimum atomic E-state index is -0.110. The van der Waals surface area contributed by atoms with Crippen molar-refractivity contribution in [2.24, 2.45) is 0 Å². The third-order valence-corrected chi connectivity index (χ3v) is 4.51. The number of benzene rings is 1. The highest BCUT2D eigenvalue weighted by Gasteiger charge is 2.28. The third-order valence-electron chi connectivity index (χ3n) is 4.51. The number of urea groups is 1. The topological polar surface area (TPSA) is 57.0 Å². The molecule has 0 bridgehead atoms. The first-order valence-corrected chi connectivity index (χ1v) is 8.45. The van der Waals surface area contributed by atoms with Crippen LogP contribution in [0, 0.1) is 0 Å². The van der Waals surface area contributed by atoms with Crippen molar-refractivity contribution in [2.45, 2.75) is 13.8 Å². The maximum absolute atomic E-state index is 12.6. The van der Waals surface area contributed by atoms with Gasteiger partial charge in [-0.25, -0.2) is 4.79 Å². The van der Waals surface area contributed by atoms with Gasteiger partial charge in [-0.2, -0.15) is 0 Å². The minimum Gasteiger partial charge on any atom is -0.451 e. The van der Waals surface area contributed by atoms with E-state index in [1.54, 1.807) is 15.9 Å². The molecule has 0 N–H and O–H groups in total. The Morgan fingerprint density at radius 1 is 1.04 bits per heavy atom. The van der Waals surface area contributed by atoms with Crippen molar-refractivity contribution in [1.82, 2.24) is 14.7 Å². The minimum absolute atomic E-state index is 0.0517. The zero-order valence-electron chi connectivity index (χ0n) is 14.2. The first-order valence-electron chi connectivity index (χ1n) is 8.45. The number of furan rings is 1. The van der Waals surface area contributed by atoms with Gasteiger partial charge in [0.15, 0.2) is 5.76 Å². The molecule has 1 aliphatic heterocycles. The molecule has 1 aliphatic rings. The van der Waals surface area contributed by atoms with E-state index in [1.807, 2.05) is 43.0 Å². The molecule has 2 heterocycles. The van der Waals surface area contributed by atoms with Crippen LogP contribution in [0.4, 0.5) is 4.79 Å². The zero-order chi connectivity index (χ0) is 17.1. The molecule has 0 atom stereocenters. The molecule has 2 aromatic rings. The van der Waals surface area contributed by atoms with E-state index in [1.165, 1.54) is 0 Å². The van der Waals surface area contributed by atoms with E-state index >= 15 is 0 Å². The molecule has 1 fully saturated rings. The van der Waals surface area contributed by atoms with Gasteiger partial charge < -0.3 is 19.1 Å². The average molecular weight is 329 g/mol. The van der Waals surface area contributed by atoms with E-state index in [2.05, 4.69) is 0 Å². The molecule has 3 amide bonds. The Bertz CT molecular complexity index is 695. The highest BCUT2D eigenvalue weighted by molar-refractivity contribution is 5.96. The van der Waals surface area contributed by atoms with Crippen LogP contribution in [0.5, 0.6) is 0 Å². The molecule has 0 saturated carbocycles. The normalized spacial score (nSPS) is 14.9. The van der Waals surface area contributed by atoms with Gasteiger partial charge >= 0.3 is 6.03 Å². The molecule has 1 aromatic carbocycles. The molecule has 0 aliphatic carbocycles. The van der Waals surface area contributed by atoms with E-state index in [0.717, 1.165) is 11.0 Å². The summed E-state index contributed by atoms with van der Waals surface area (Å²) in [5.74, 6) is 0.251. The second kappa shape index (κ2) is 6.95. The van der Waals surface area contributed by atoms with Crippen LogP contribution in [0.1, 0.15) is 24.4 Å². The average Bonchev–Trinajstić information content (AvgIpc) is 3.06. The largest absolute Gasteiger partial charge is 0.451 e. The summed E-state index contributed by atoms with van der Waals surface area (Å²) in [5.41, 5.74) is 0.719. The summed E-state index contributed by atoms with van der Waals surface area (Å²) in [6, 6.07) is 9.42. The van der Waals surface area contributed by atoms with Crippen molar-refractivity contribution in [3.8, 4) is 0 Å². The summed E-state index contributed by atoms with van der Waals surface area (Å²) in [5, 5.41) is 0.927. The van der Waals surface area contributed by atoms with Gasteiger partial charge in [-0.3, -0.25) is 4.79 Å². The molecular weight excluding hydrogens is 306 g/mol. The van der Waals surface area contributed by atoms with Crippen molar-refractivity contribution in [3.63, 3.8) is 0 Å². The van der Waals surface area contributed by atoms with Crippen LogP contribution >= 0.6 is 0 Å². The fourth-order valence-electron chi connectivity index (χ4n) is 3.04. The monoisotopic (exact) mass is 329 g/mol. The highest BCUT2D eigenvalue weighted by atomic mass is 16.3. The van der Waals surface area contributed by atoms with E-state index in [-0.39, 0.29) is 11.9 Å². The Morgan fingerprint density at radius 2 is 1.67 bits per heavy atom. The summed E-state index contributed by atoms with van der Waals surface area (Å²) in [6.45, 7) is 7.53. The third kappa shape index (κ3) is 3.09. The maximum Gasteiger partial charge on any atom is 0.320 e. The van der Waals surface area contributed by atoms with Crippen molar-refractivity contribution < 1.29 is 14.0 Å². The van der Waals surface area contributed by atoms with E-state index in [4.69, 9.17) is 4.42 Å². The quantitative estimate of drug-likeness (QED) is 0.870. The Morgan fingerprint density at radius 3 is 2.29 bits per heavy atom. The lowest BCUT2D eigenvalue weighted by Crippen LogP contribution is -2.54. The first-order chi connectivity index (χ1) is 11.6. The van der Waals surface area contributed by atoms with Crippen molar-refractivity contribution >= 4 is 22.9 Å². The molecule has 0 unspecified atom stereocenters. The molecule has 0 spiro atoms.